The number of nitrogens with zero attached hydrogens (tertiary/aromatic N) is 2. The van der Waals surface area contributed by atoms with Crippen LogP contribution < -0.4 is 10.5 Å². The molecule has 1 heterocycles. The van der Waals surface area contributed by atoms with Crippen molar-refractivity contribution in [1.29, 1.82) is 0 Å². The zero-order valence-electron chi connectivity index (χ0n) is 11.0. The van der Waals surface area contributed by atoms with Crippen LogP contribution in [0.2, 0.25) is 0 Å². The maximum absolute atomic E-state index is 12.2. The Morgan fingerprint density at radius 1 is 1.29 bits per heavy atom. The van der Waals surface area contributed by atoms with Crippen molar-refractivity contribution in [3.63, 3.8) is 0 Å². The van der Waals surface area contributed by atoms with Crippen LogP contribution >= 0.6 is 0 Å². The quantitative estimate of drug-likeness (QED) is 0.653. The number of aryl methyl sites for hydroxylation is 1. The topological polar surface area (TPSA) is 128 Å². The van der Waals surface area contributed by atoms with Gasteiger partial charge in [0.2, 0.25) is 0 Å². The van der Waals surface area contributed by atoms with Crippen LogP contribution in [0, 0.1) is 17.0 Å². The SMILES string of the molecule is Cc1ccc(NS(=O)(=O)c2ccnc(N)c2)cc1[N+](=O)[O-]. The first-order valence-electron chi connectivity index (χ1n) is 5.79. The number of hydrogen-bond acceptors (Lipinski definition) is 6. The van der Waals surface area contributed by atoms with E-state index in [2.05, 4.69) is 9.71 Å². The van der Waals surface area contributed by atoms with Crippen molar-refractivity contribution in [2.24, 2.45) is 0 Å². The molecule has 2 aromatic rings. The van der Waals surface area contributed by atoms with Crippen LogP contribution in [0.1, 0.15) is 5.56 Å². The van der Waals surface area contributed by atoms with Gasteiger partial charge in [0.05, 0.1) is 15.5 Å². The number of hydrogen-bond donors (Lipinski definition) is 2. The molecule has 0 aliphatic heterocycles. The van der Waals surface area contributed by atoms with Crippen LogP contribution in [-0.4, -0.2) is 18.3 Å². The summed E-state index contributed by atoms with van der Waals surface area (Å²) < 4.78 is 26.6. The fraction of sp³-hybridized carbons (Fsp3) is 0.0833. The number of pyridine rings is 1. The summed E-state index contributed by atoms with van der Waals surface area (Å²) in [6.45, 7) is 1.57. The highest BCUT2D eigenvalue weighted by atomic mass is 32.2. The molecule has 0 unspecified atom stereocenters. The zero-order valence-corrected chi connectivity index (χ0v) is 11.8. The molecule has 0 fully saturated rings. The fourth-order valence-electron chi connectivity index (χ4n) is 1.68. The molecular weight excluding hydrogens is 296 g/mol. The van der Waals surface area contributed by atoms with Crippen molar-refractivity contribution in [3.05, 3.63) is 52.2 Å². The van der Waals surface area contributed by atoms with Gasteiger partial charge >= 0.3 is 0 Å². The van der Waals surface area contributed by atoms with Gasteiger partial charge in [-0.25, -0.2) is 13.4 Å². The molecule has 0 saturated carbocycles. The molecule has 110 valence electrons. The number of aromatic nitrogens is 1. The van der Waals surface area contributed by atoms with Crippen molar-refractivity contribution >= 4 is 27.2 Å². The van der Waals surface area contributed by atoms with Gasteiger partial charge in [0.25, 0.3) is 15.7 Å². The van der Waals surface area contributed by atoms with Crippen molar-refractivity contribution in [3.8, 4) is 0 Å². The van der Waals surface area contributed by atoms with Gasteiger partial charge in [0.1, 0.15) is 5.82 Å². The Morgan fingerprint density at radius 3 is 2.62 bits per heavy atom. The van der Waals surface area contributed by atoms with Crippen LogP contribution in [-0.2, 0) is 10.0 Å². The minimum atomic E-state index is -3.88. The Bertz CT molecular complexity index is 805. The Balaban J connectivity index is 2.37. The second-order valence-corrected chi connectivity index (χ2v) is 5.96. The number of nitrogens with one attached hydrogen (secondary N) is 1. The van der Waals surface area contributed by atoms with E-state index in [1.807, 2.05) is 0 Å². The lowest BCUT2D eigenvalue weighted by atomic mass is 10.2. The Labute approximate surface area is 120 Å². The monoisotopic (exact) mass is 308 g/mol. The average Bonchev–Trinajstić information content (AvgIpc) is 2.40. The summed E-state index contributed by atoms with van der Waals surface area (Å²) in [5, 5.41) is 10.9. The number of nitro groups is 1. The summed E-state index contributed by atoms with van der Waals surface area (Å²) >= 11 is 0. The van der Waals surface area contributed by atoms with Gasteiger partial charge in [0.15, 0.2) is 0 Å². The van der Waals surface area contributed by atoms with E-state index in [9.17, 15) is 18.5 Å². The molecular formula is C12H12N4O4S. The summed E-state index contributed by atoms with van der Waals surface area (Å²) in [6, 6.07) is 6.56. The predicted octanol–water partition coefficient (Wildman–Crippen LogP) is 1.68. The third-order valence-electron chi connectivity index (χ3n) is 2.72. The first-order valence-corrected chi connectivity index (χ1v) is 7.27. The smallest absolute Gasteiger partial charge is 0.274 e. The van der Waals surface area contributed by atoms with Gasteiger partial charge in [-0.2, -0.15) is 0 Å². The van der Waals surface area contributed by atoms with Crippen LogP contribution in [0.15, 0.2) is 41.4 Å². The van der Waals surface area contributed by atoms with E-state index in [0.717, 1.165) is 6.07 Å². The van der Waals surface area contributed by atoms with Crippen molar-refractivity contribution in [2.45, 2.75) is 11.8 Å². The molecule has 0 aliphatic rings. The van der Waals surface area contributed by atoms with Crippen LogP contribution in [0.4, 0.5) is 17.2 Å². The maximum atomic E-state index is 12.2. The molecule has 21 heavy (non-hydrogen) atoms. The van der Waals surface area contributed by atoms with Crippen LogP contribution in [0.5, 0.6) is 0 Å². The Morgan fingerprint density at radius 2 is 2.00 bits per heavy atom. The van der Waals surface area contributed by atoms with Crippen molar-refractivity contribution in [2.75, 3.05) is 10.5 Å². The van der Waals surface area contributed by atoms with E-state index in [1.165, 1.54) is 30.5 Å². The minimum absolute atomic E-state index is 0.0627. The molecule has 8 nitrogen and oxygen atoms in total. The molecule has 3 N–H and O–H groups in total. The molecule has 0 saturated heterocycles. The minimum Gasteiger partial charge on any atom is -0.384 e. The molecule has 0 radical (unpaired) electrons. The standard InChI is InChI=1S/C12H12N4O4S/c1-8-2-3-9(6-11(8)16(17)18)15-21(19,20)10-4-5-14-12(13)7-10/h2-7,15H,1H3,(H2,13,14). The van der Waals surface area contributed by atoms with Crippen molar-refractivity contribution < 1.29 is 13.3 Å². The van der Waals surface area contributed by atoms with Crippen LogP contribution in [0.25, 0.3) is 0 Å². The molecule has 0 atom stereocenters. The average molecular weight is 308 g/mol. The highest BCUT2D eigenvalue weighted by Gasteiger charge is 2.17. The number of benzene rings is 1. The maximum Gasteiger partial charge on any atom is 0.274 e. The van der Waals surface area contributed by atoms with Gasteiger partial charge < -0.3 is 5.73 Å². The van der Waals surface area contributed by atoms with Gasteiger partial charge in [-0.05, 0) is 19.1 Å². The normalized spacial score (nSPS) is 11.1. The van der Waals surface area contributed by atoms with Gasteiger partial charge in [-0.15, -0.1) is 0 Å². The first kappa shape index (κ1) is 14.7. The molecule has 0 bridgehead atoms. The Hall–Kier alpha value is -2.68. The molecule has 0 spiro atoms. The predicted molar refractivity (Wildman–Crippen MR) is 77.3 cm³/mol. The number of sulfonamides is 1. The van der Waals surface area contributed by atoms with E-state index in [-0.39, 0.29) is 22.1 Å². The summed E-state index contributed by atoms with van der Waals surface area (Å²) in [4.78, 5) is 13.9. The third-order valence-corrected chi connectivity index (χ3v) is 4.10. The largest absolute Gasteiger partial charge is 0.384 e. The van der Waals surface area contributed by atoms with E-state index in [4.69, 9.17) is 5.73 Å². The molecule has 1 aromatic heterocycles. The second kappa shape index (κ2) is 5.37. The van der Waals surface area contributed by atoms with Gasteiger partial charge in [-0.1, -0.05) is 6.07 Å². The lowest BCUT2D eigenvalue weighted by Crippen LogP contribution is -2.13. The van der Waals surface area contributed by atoms with E-state index >= 15 is 0 Å². The number of anilines is 2. The third kappa shape index (κ3) is 3.26. The number of nitro benzene ring substituents is 1. The number of nitrogen functional groups attached to an aromatic ring is 1. The summed E-state index contributed by atoms with van der Waals surface area (Å²) in [6.07, 6.45) is 1.27. The Kier molecular flexibility index (Phi) is 3.76. The summed E-state index contributed by atoms with van der Waals surface area (Å²) in [7, 11) is -3.88. The van der Waals surface area contributed by atoms with Crippen LogP contribution in [0.3, 0.4) is 0 Å². The van der Waals surface area contributed by atoms with E-state index in [0.29, 0.717) is 5.56 Å². The van der Waals surface area contributed by atoms with E-state index in [1.54, 1.807) is 6.92 Å². The highest BCUT2D eigenvalue weighted by molar-refractivity contribution is 7.92. The fourth-order valence-corrected chi connectivity index (χ4v) is 2.75. The van der Waals surface area contributed by atoms with Crippen molar-refractivity contribution in [1.82, 2.24) is 4.98 Å². The van der Waals surface area contributed by atoms with E-state index < -0.39 is 14.9 Å². The number of rotatable bonds is 4. The molecule has 1 aromatic carbocycles. The lowest BCUT2D eigenvalue weighted by Gasteiger charge is -2.08. The van der Waals surface area contributed by atoms with Gasteiger partial charge in [-0.3, -0.25) is 14.8 Å². The number of nitrogens with two attached hydrogens (primary N) is 1. The second-order valence-electron chi connectivity index (χ2n) is 4.28. The molecule has 0 amide bonds. The van der Waals surface area contributed by atoms with Gasteiger partial charge in [0, 0.05) is 23.9 Å². The first-order chi connectivity index (χ1) is 9.79. The summed E-state index contributed by atoms with van der Waals surface area (Å²) in [5.41, 5.74) is 5.82. The lowest BCUT2D eigenvalue weighted by molar-refractivity contribution is -0.385. The highest BCUT2D eigenvalue weighted by Crippen LogP contribution is 2.24. The molecule has 9 heteroatoms. The molecule has 2 rings (SSSR count). The summed E-state index contributed by atoms with van der Waals surface area (Å²) in [5.74, 6) is 0.0627. The molecule has 0 aliphatic carbocycles. The zero-order chi connectivity index (χ0) is 15.6.